The molecule has 0 bridgehead atoms. The molecule has 0 radical (unpaired) electrons. The molecule has 2 N–H and O–H groups in total. The van der Waals surface area contributed by atoms with Crippen LogP contribution in [0.4, 0.5) is 0 Å². The molecule has 1 rings (SSSR count). The van der Waals surface area contributed by atoms with Crippen LogP contribution in [-0.2, 0) is 4.74 Å². The Bertz CT molecular complexity index is 130. The lowest BCUT2D eigenvalue weighted by Gasteiger charge is -2.43. The van der Waals surface area contributed by atoms with Crippen molar-refractivity contribution in [2.24, 2.45) is 17.1 Å². The Balaban J connectivity index is 2.29. The van der Waals surface area contributed by atoms with Crippen LogP contribution in [0.15, 0.2) is 0 Å². The third-order valence-corrected chi connectivity index (χ3v) is 2.57. The van der Waals surface area contributed by atoms with Crippen molar-refractivity contribution in [2.45, 2.75) is 33.1 Å². The largest absolute Gasteiger partial charge is 0.380 e. The van der Waals surface area contributed by atoms with Gasteiger partial charge in [0, 0.05) is 5.41 Å². The van der Waals surface area contributed by atoms with Crippen molar-refractivity contribution in [1.29, 1.82) is 0 Å². The van der Waals surface area contributed by atoms with Gasteiger partial charge in [-0.25, -0.2) is 0 Å². The third-order valence-electron chi connectivity index (χ3n) is 2.57. The molecule has 2 heteroatoms. The predicted octanol–water partition coefficient (Wildman–Crippen LogP) is 1.79. The summed E-state index contributed by atoms with van der Waals surface area (Å²) in [4.78, 5) is 0. The van der Waals surface area contributed by atoms with Crippen LogP contribution in [-0.4, -0.2) is 19.8 Å². The van der Waals surface area contributed by atoms with Crippen molar-refractivity contribution in [3.8, 4) is 0 Å². The van der Waals surface area contributed by atoms with Gasteiger partial charge in [0.15, 0.2) is 0 Å². The zero-order chi connectivity index (χ0) is 9.03. The highest BCUT2D eigenvalue weighted by Crippen LogP contribution is 2.38. The van der Waals surface area contributed by atoms with Crippen LogP contribution >= 0.6 is 0 Å². The van der Waals surface area contributed by atoms with Crippen molar-refractivity contribution < 1.29 is 4.74 Å². The fraction of sp³-hybridized carbons (Fsp3) is 1.00. The quantitative estimate of drug-likeness (QED) is 0.684. The fourth-order valence-corrected chi connectivity index (χ4v) is 2.10. The summed E-state index contributed by atoms with van der Waals surface area (Å²) in [6.07, 6.45) is 3.70. The Labute approximate surface area is 75.5 Å². The molecule has 1 fully saturated rings. The number of rotatable bonds is 5. The summed E-state index contributed by atoms with van der Waals surface area (Å²) in [6.45, 7) is 7.31. The van der Waals surface area contributed by atoms with Crippen molar-refractivity contribution in [3.05, 3.63) is 0 Å². The summed E-state index contributed by atoms with van der Waals surface area (Å²) in [6, 6.07) is 0. The average molecular weight is 171 g/mol. The summed E-state index contributed by atoms with van der Waals surface area (Å²) >= 11 is 0. The van der Waals surface area contributed by atoms with Gasteiger partial charge in [-0.3, -0.25) is 0 Å². The van der Waals surface area contributed by atoms with E-state index in [9.17, 15) is 0 Å². The number of hydrogen-bond donors (Lipinski definition) is 1. The molecule has 0 aromatic carbocycles. The third kappa shape index (κ3) is 2.46. The van der Waals surface area contributed by atoms with E-state index >= 15 is 0 Å². The minimum atomic E-state index is 0.494. The fourth-order valence-electron chi connectivity index (χ4n) is 2.10. The lowest BCUT2D eigenvalue weighted by Crippen LogP contribution is -2.43. The zero-order valence-corrected chi connectivity index (χ0v) is 8.31. The van der Waals surface area contributed by atoms with E-state index in [-0.39, 0.29) is 0 Å². The van der Waals surface area contributed by atoms with E-state index in [1.807, 2.05) is 0 Å². The monoisotopic (exact) mass is 171 g/mol. The van der Waals surface area contributed by atoms with E-state index in [2.05, 4.69) is 13.8 Å². The van der Waals surface area contributed by atoms with E-state index in [1.54, 1.807) is 0 Å². The Morgan fingerprint density at radius 1 is 1.42 bits per heavy atom. The summed E-state index contributed by atoms with van der Waals surface area (Å²) in [5.41, 5.74) is 6.00. The highest BCUT2D eigenvalue weighted by Gasteiger charge is 2.37. The van der Waals surface area contributed by atoms with E-state index in [4.69, 9.17) is 10.5 Å². The first-order chi connectivity index (χ1) is 5.68. The van der Waals surface area contributed by atoms with Gasteiger partial charge in [0.1, 0.15) is 0 Å². The molecule has 1 heterocycles. The first-order valence-corrected chi connectivity index (χ1v) is 4.96. The second kappa shape index (κ2) is 4.24. The molecular weight excluding hydrogens is 150 g/mol. The van der Waals surface area contributed by atoms with Crippen LogP contribution in [0.2, 0.25) is 0 Å². The van der Waals surface area contributed by atoms with Crippen LogP contribution < -0.4 is 5.73 Å². The van der Waals surface area contributed by atoms with Gasteiger partial charge in [0.25, 0.3) is 0 Å². The summed E-state index contributed by atoms with van der Waals surface area (Å²) < 4.78 is 5.30. The molecule has 0 spiro atoms. The number of hydrogen-bond acceptors (Lipinski definition) is 2. The van der Waals surface area contributed by atoms with E-state index < -0.39 is 0 Å². The Morgan fingerprint density at radius 2 is 2.08 bits per heavy atom. The molecule has 1 saturated heterocycles. The minimum Gasteiger partial charge on any atom is -0.380 e. The lowest BCUT2D eigenvalue weighted by molar-refractivity contribution is -0.127. The van der Waals surface area contributed by atoms with E-state index in [0.717, 1.165) is 32.1 Å². The van der Waals surface area contributed by atoms with Crippen LogP contribution in [0.3, 0.4) is 0 Å². The van der Waals surface area contributed by atoms with E-state index in [0.29, 0.717) is 5.41 Å². The molecule has 0 amide bonds. The Kier molecular flexibility index (Phi) is 3.53. The summed E-state index contributed by atoms with van der Waals surface area (Å²) in [5.74, 6) is 0.784. The van der Waals surface area contributed by atoms with Crippen LogP contribution in [0, 0.1) is 11.3 Å². The smallest absolute Gasteiger partial charge is 0.0544 e. The maximum Gasteiger partial charge on any atom is 0.0544 e. The van der Waals surface area contributed by atoms with Crippen LogP contribution in [0.25, 0.3) is 0 Å². The van der Waals surface area contributed by atoms with Crippen molar-refractivity contribution in [2.75, 3.05) is 19.8 Å². The highest BCUT2D eigenvalue weighted by molar-refractivity contribution is 4.86. The van der Waals surface area contributed by atoms with Gasteiger partial charge >= 0.3 is 0 Å². The predicted molar refractivity (Wildman–Crippen MR) is 51.0 cm³/mol. The van der Waals surface area contributed by atoms with Gasteiger partial charge in [-0.05, 0) is 31.7 Å². The molecule has 0 aromatic heterocycles. The molecule has 0 atom stereocenters. The minimum absolute atomic E-state index is 0.494. The zero-order valence-electron chi connectivity index (χ0n) is 8.31. The van der Waals surface area contributed by atoms with E-state index in [1.165, 1.54) is 12.8 Å². The second-order valence-electron chi connectivity index (χ2n) is 4.48. The normalized spacial score (nSPS) is 21.0. The maximum atomic E-state index is 5.50. The maximum absolute atomic E-state index is 5.50. The molecule has 1 aliphatic heterocycles. The molecule has 2 nitrogen and oxygen atoms in total. The summed E-state index contributed by atoms with van der Waals surface area (Å²) in [7, 11) is 0. The number of ether oxygens (including phenoxy) is 1. The second-order valence-corrected chi connectivity index (χ2v) is 4.48. The molecule has 1 aliphatic rings. The molecule has 0 saturated carbocycles. The van der Waals surface area contributed by atoms with Gasteiger partial charge in [0.2, 0.25) is 0 Å². The van der Waals surface area contributed by atoms with Crippen molar-refractivity contribution in [1.82, 2.24) is 0 Å². The highest BCUT2D eigenvalue weighted by atomic mass is 16.5. The first-order valence-electron chi connectivity index (χ1n) is 4.96. The molecular formula is C10H21NO. The first kappa shape index (κ1) is 10.0. The SMILES string of the molecule is CC(C)CC1(CCCN)COC1. The van der Waals surface area contributed by atoms with Gasteiger partial charge in [-0.2, -0.15) is 0 Å². The average Bonchev–Trinajstić information content (AvgIpc) is 1.94. The lowest BCUT2D eigenvalue weighted by atomic mass is 9.75. The van der Waals surface area contributed by atoms with Gasteiger partial charge in [-0.1, -0.05) is 13.8 Å². The van der Waals surface area contributed by atoms with Gasteiger partial charge in [0.05, 0.1) is 13.2 Å². The molecule has 12 heavy (non-hydrogen) atoms. The standard InChI is InChI=1S/C10H21NO/c1-9(2)6-10(4-3-5-11)7-12-8-10/h9H,3-8,11H2,1-2H3. The van der Waals surface area contributed by atoms with Crippen molar-refractivity contribution >= 4 is 0 Å². The number of nitrogens with two attached hydrogens (primary N) is 1. The summed E-state index contributed by atoms with van der Waals surface area (Å²) in [5, 5.41) is 0. The van der Waals surface area contributed by atoms with Gasteiger partial charge < -0.3 is 10.5 Å². The van der Waals surface area contributed by atoms with Crippen LogP contribution in [0.5, 0.6) is 0 Å². The Morgan fingerprint density at radius 3 is 2.42 bits per heavy atom. The van der Waals surface area contributed by atoms with Gasteiger partial charge in [-0.15, -0.1) is 0 Å². The van der Waals surface area contributed by atoms with Crippen LogP contribution in [0.1, 0.15) is 33.1 Å². The molecule has 0 aliphatic carbocycles. The Hall–Kier alpha value is -0.0800. The van der Waals surface area contributed by atoms with Crippen molar-refractivity contribution in [3.63, 3.8) is 0 Å². The molecule has 72 valence electrons. The molecule has 0 aromatic rings. The molecule has 0 unspecified atom stereocenters. The topological polar surface area (TPSA) is 35.2 Å².